The smallest absolute Gasteiger partial charge is 0.190 e. The van der Waals surface area contributed by atoms with E-state index in [2.05, 4.69) is 6.58 Å². The van der Waals surface area contributed by atoms with Gasteiger partial charge in [0.15, 0.2) is 19.2 Å². The van der Waals surface area contributed by atoms with Gasteiger partial charge >= 0.3 is 0 Å². The van der Waals surface area contributed by atoms with Crippen molar-refractivity contribution in [3.8, 4) is 0 Å². The highest BCUT2D eigenvalue weighted by Gasteiger charge is 2.57. The van der Waals surface area contributed by atoms with Gasteiger partial charge in [0.1, 0.15) is 18.3 Å². The highest BCUT2D eigenvalue weighted by Crippen LogP contribution is 2.56. The van der Waals surface area contributed by atoms with E-state index < -0.39 is 37.5 Å². The fourth-order valence-corrected chi connectivity index (χ4v) is 7.34. The predicted octanol–water partition coefficient (Wildman–Crippen LogP) is 4.98. The molecule has 0 saturated carbocycles. The van der Waals surface area contributed by atoms with Crippen molar-refractivity contribution in [2.75, 3.05) is 0 Å². The fourth-order valence-electron chi connectivity index (χ4n) is 4.63. The summed E-state index contributed by atoms with van der Waals surface area (Å²) in [7, 11) is -3.28. The van der Waals surface area contributed by atoms with Crippen LogP contribution in [0, 0.1) is 0 Å². The van der Waals surface area contributed by atoms with E-state index in [9.17, 15) is 4.57 Å². The molecule has 0 amide bonds. The van der Waals surface area contributed by atoms with Crippen LogP contribution in [-0.2, 0) is 30.1 Å². The lowest BCUT2D eigenvalue weighted by Crippen LogP contribution is -2.38. The van der Waals surface area contributed by atoms with Crippen molar-refractivity contribution in [3.05, 3.63) is 108 Å². The summed E-state index contributed by atoms with van der Waals surface area (Å²) in [5, 5.41) is 1.88. The average molecular weight is 477 g/mol. The van der Waals surface area contributed by atoms with Crippen LogP contribution < -0.4 is 10.6 Å². The Morgan fingerprint density at radius 1 is 0.882 bits per heavy atom. The second-order valence-electron chi connectivity index (χ2n) is 9.06. The lowest BCUT2D eigenvalue weighted by molar-refractivity contribution is -0.213. The summed E-state index contributed by atoms with van der Waals surface area (Å²) in [6, 6.07) is 28.8. The van der Waals surface area contributed by atoms with E-state index in [1.54, 1.807) is 0 Å². The van der Waals surface area contributed by atoms with E-state index in [1.165, 1.54) is 0 Å². The average Bonchev–Trinajstić information content (AvgIpc) is 3.35. The van der Waals surface area contributed by atoms with E-state index in [4.69, 9.17) is 18.9 Å². The molecule has 5 nitrogen and oxygen atoms in total. The maximum absolute atomic E-state index is 14.9. The molecule has 4 atom stereocenters. The first-order valence-corrected chi connectivity index (χ1v) is 13.2. The monoisotopic (exact) mass is 476 g/mol. The third kappa shape index (κ3) is 4.31. The molecular formula is C28H29O5P. The summed E-state index contributed by atoms with van der Waals surface area (Å²) in [6.45, 7) is 8.42. The second kappa shape index (κ2) is 9.26. The second-order valence-corrected chi connectivity index (χ2v) is 11.9. The molecular weight excluding hydrogens is 447 g/mol. The highest BCUT2D eigenvalue weighted by atomic mass is 31.2. The fraction of sp³-hybridized carbons (Fsp3) is 0.286. The number of ether oxygens (including phenoxy) is 4. The Morgan fingerprint density at radius 3 is 1.97 bits per heavy atom. The summed E-state index contributed by atoms with van der Waals surface area (Å²) in [4.78, 5) is 0. The minimum atomic E-state index is -3.28. The van der Waals surface area contributed by atoms with Crippen molar-refractivity contribution < 1.29 is 23.5 Å². The maximum atomic E-state index is 14.9. The van der Waals surface area contributed by atoms with Crippen LogP contribution in [0.1, 0.15) is 19.4 Å². The highest BCUT2D eigenvalue weighted by molar-refractivity contribution is 7.82. The SMILES string of the molecule is C=C([C@H]1O[C@@H]2OC(C)(C)O[C@@H]2[C@H]1OCc1ccccc1)P(=O)(c1ccccc1)c1ccccc1. The molecule has 0 radical (unpaired) electrons. The van der Waals surface area contributed by atoms with Gasteiger partial charge in [-0.3, -0.25) is 0 Å². The van der Waals surface area contributed by atoms with Gasteiger partial charge in [0.25, 0.3) is 0 Å². The zero-order chi connectivity index (χ0) is 23.8. The Morgan fingerprint density at radius 2 is 1.41 bits per heavy atom. The van der Waals surface area contributed by atoms with Crippen molar-refractivity contribution >= 4 is 17.8 Å². The third-order valence-electron chi connectivity index (χ3n) is 6.25. The molecule has 34 heavy (non-hydrogen) atoms. The molecule has 3 aromatic carbocycles. The van der Waals surface area contributed by atoms with Gasteiger partial charge in [0.05, 0.1) is 6.61 Å². The van der Waals surface area contributed by atoms with Gasteiger partial charge in [0, 0.05) is 15.9 Å². The van der Waals surface area contributed by atoms with Gasteiger partial charge in [0.2, 0.25) is 0 Å². The van der Waals surface area contributed by atoms with Crippen LogP contribution in [0.5, 0.6) is 0 Å². The molecule has 0 unspecified atom stereocenters. The summed E-state index contributed by atoms with van der Waals surface area (Å²) < 4.78 is 39.7. The molecule has 6 heteroatoms. The molecule has 2 aliphatic heterocycles. The standard InChI is InChI=1S/C28H29O5P/c1-20(34(29,22-15-9-5-10-16-22)23-17-11-6-12-18-23)24-25(30-19-21-13-7-4-8-14-21)26-27(31-24)33-28(2,3)32-26/h4-18,24-27H,1,19H2,2-3H3/t24-,25+,26-,27-/m1/s1. The van der Waals surface area contributed by atoms with Crippen LogP contribution in [0.2, 0.25) is 0 Å². The largest absolute Gasteiger partial charge is 0.368 e. The number of hydrogen-bond donors (Lipinski definition) is 0. The van der Waals surface area contributed by atoms with E-state index in [0.717, 1.165) is 5.56 Å². The Bertz CT molecular complexity index is 1140. The quantitative estimate of drug-likeness (QED) is 0.451. The summed E-state index contributed by atoms with van der Waals surface area (Å²) >= 11 is 0. The molecule has 3 aromatic rings. The Labute approximate surface area is 200 Å². The number of hydrogen-bond acceptors (Lipinski definition) is 5. The zero-order valence-electron chi connectivity index (χ0n) is 19.4. The van der Waals surface area contributed by atoms with Crippen molar-refractivity contribution in [1.82, 2.24) is 0 Å². The van der Waals surface area contributed by atoms with Gasteiger partial charge in [-0.25, -0.2) is 0 Å². The third-order valence-corrected chi connectivity index (χ3v) is 9.36. The van der Waals surface area contributed by atoms with E-state index in [0.29, 0.717) is 22.5 Å². The molecule has 0 bridgehead atoms. The Hall–Kier alpha value is -2.53. The minimum absolute atomic E-state index is 0.368. The van der Waals surface area contributed by atoms with Gasteiger partial charge in [-0.1, -0.05) is 97.6 Å². The van der Waals surface area contributed by atoms with Crippen LogP contribution >= 0.6 is 7.14 Å². The van der Waals surface area contributed by atoms with Crippen molar-refractivity contribution in [2.24, 2.45) is 0 Å². The van der Waals surface area contributed by atoms with Crippen LogP contribution in [-0.4, -0.2) is 30.4 Å². The maximum Gasteiger partial charge on any atom is 0.190 e. The molecule has 0 aliphatic carbocycles. The van der Waals surface area contributed by atoms with Crippen LogP contribution in [0.25, 0.3) is 0 Å². The Balaban J connectivity index is 1.51. The van der Waals surface area contributed by atoms with Crippen LogP contribution in [0.4, 0.5) is 0 Å². The lowest BCUT2D eigenvalue weighted by atomic mass is 10.1. The van der Waals surface area contributed by atoms with E-state index in [1.807, 2.05) is 105 Å². The van der Waals surface area contributed by atoms with Crippen molar-refractivity contribution in [1.29, 1.82) is 0 Å². The van der Waals surface area contributed by atoms with Crippen molar-refractivity contribution in [3.63, 3.8) is 0 Å². The molecule has 2 saturated heterocycles. The van der Waals surface area contributed by atoms with E-state index >= 15 is 0 Å². The number of fused-ring (bicyclic) bond motifs is 1. The summed E-state index contributed by atoms with van der Waals surface area (Å²) in [5.74, 6) is -0.793. The molecule has 0 N–H and O–H groups in total. The molecule has 5 rings (SSSR count). The summed E-state index contributed by atoms with van der Waals surface area (Å²) in [6.07, 6.45) is -2.28. The zero-order valence-corrected chi connectivity index (χ0v) is 20.3. The van der Waals surface area contributed by atoms with Gasteiger partial charge in [-0.2, -0.15) is 0 Å². The van der Waals surface area contributed by atoms with Gasteiger partial charge in [-0.15, -0.1) is 0 Å². The first kappa shape index (κ1) is 23.2. The normalized spacial score (nSPS) is 25.7. The van der Waals surface area contributed by atoms with Crippen LogP contribution in [0.15, 0.2) is 103 Å². The number of rotatable bonds is 7. The predicted molar refractivity (Wildman–Crippen MR) is 133 cm³/mol. The topological polar surface area (TPSA) is 54.0 Å². The molecule has 0 spiro atoms. The van der Waals surface area contributed by atoms with Crippen molar-refractivity contribution in [2.45, 2.75) is 50.8 Å². The lowest BCUT2D eigenvalue weighted by Gasteiger charge is -2.31. The molecule has 2 fully saturated rings. The van der Waals surface area contributed by atoms with Gasteiger partial charge < -0.3 is 23.5 Å². The minimum Gasteiger partial charge on any atom is -0.368 e. The molecule has 2 aliphatic rings. The van der Waals surface area contributed by atoms with Crippen LogP contribution in [0.3, 0.4) is 0 Å². The molecule has 176 valence electrons. The van der Waals surface area contributed by atoms with E-state index in [-0.39, 0.29) is 0 Å². The Kier molecular flexibility index (Phi) is 6.32. The summed E-state index contributed by atoms with van der Waals surface area (Å²) in [5.41, 5.74) is 1.03. The van der Waals surface area contributed by atoms with Gasteiger partial charge in [-0.05, 0) is 19.4 Å². The first-order chi connectivity index (χ1) is 16.4. The first-order valence-electron chi connectivity index (χ1n) is 11.5. The number of benzene rings is 3. The molecule has 2 heterocycles. The molecule has 0 aromatic heterocycles.